The monoisotopic (exact) mass is 308 g/mol. The van der Waals surface area contributed by atoms with E-state index in [-0.39, 0.29) is 6.10 Å². The minimum absolute atomic E-state index is 0.246. The maximum absolute atomic E-state index is 5.58. The normalized spacial score (nSPS) is 17.7. The second-order valence-electron chi connectivity index (χ2n) is 4.23. The summed E-state index contributed by atoms with van der Waals surface area (Å²) in [6, 6.07) is 10.2. The predicted octanol–water partition coefficient (Wildman–Crippen LogP) is 2.47. The first-order chi connectivity index (χ1) is 8.81. The highest BCUT2D eigenvalue weighted by Crippen LogP contribution is 2.24. The third-order valence-corrected chi connectivity index (χ3v) is 3.23. The lowest BCUT2D eigenvalue weighted by molar-refractivity contribution is 0.252. The highest BCUT2D eigenvalue weighted by molar-refractivity contribution is 9.10. The lowest BCUT2D eigenvalue weighted by atomic mass is 10.2. The van der Waals surface area contributed by atoms with Crippen molar-refractivity contribution >= 4 is 15.9 Å². The fourth-order valence-corrected chi connectivity index (χ4v) is 2.09. The van der Waals surface area contributed by atoms with Gasteiger partial charge in [-0.2, -0.15) is 0 Å². The molecule has 1 aromatic heterocycles. The molecule has 1 fully saturated rings. The molecule has 18 heavy (non-hydrogen) atoms. The molecule has 4 nitrogen and oxygen atoms in total. The third-order valence-electron chi connectivity index (χ3n) is 2.68. The zero-order valence-electron chi connectivity index (χ0n) is 9.75. The van der Waals surface area contributed by atoms with Gasteiger partial charge in [0.1, 0.15) is 12.7 Å². The van der Waals surface area contributed by atoms with E-state index in [1.54, 1.807) is 0 Å². The number of rotatable bonds is 5. The van der Waals surface area contributed by atoms with E-state index in [4.69, 9.17) is 9.47 Å². The Morgan fingerprint density at radius 2 is 2.17 bits per heavy atom. The molecule has 94 valence electrons. The van der Waals surface area contributed by atoms with Gasteiger partial charge < -0.3 is 9.47 Å². The molecule has 1 unspecified atom stereocenters. The lowest BCUT2D eigenvalue weighted by Crippen LogP contribution is -2.06. The number of aromatic nitrogens is 2. The van der Waals surface area contributed by atoms with Gasteiger partial charge in [0.15, 0.2) is 0 Å². The van der Waals surface area contributed by atoms with Gasteiger partial charge in [0.25, 0.3) is 0 Å². The highest BCUT2D eigenvalue weighted by Gasteiger charge is 2.24. The summed E-state index contributed by atoms with van der Waals surface area (Å²) in [6.45, 7) is 2.10. The van der Waals surface area contributed by atoms with Crippen LogP contribution in [-0.4, -0.2) is 29.1 Å². The molecule has 2 aromatic rings. The Morgan fingerprint density at radius 3 is 2.89 bits per heavy atom. The minimum Gasteiger partial charge on any atom is -0.473 e. The van der Waals surface area contributed by atoms with Crippen LogP contribution >= 0.6 is 15.9 Å². The van der Waals surface area contributed by atoms with Gasteiger partial charge >= 0.3 is 0 Å². The van der Waals surface area contributed by atoms with Gasteiger partial charge in [-0.15, -0.1) is 5.10 Å². The van der Waals surface area contributed by atoms with Crippen LogP contribution in [0.2, 0.25) is 0 Å². The van der Waals surface area contributed by atoms with Crippen LogP contribution in [-0.2, 0) is 11.3 Å². The Hall–Kier alpha value is -1.33. The van der Waals surface area contributed by atoms with Gasteiger partial charge in [-0.1, -0.05) is 30.3 Å². The zero-order chi connectivity index (χ0) is 12.4. The SMILES string of the molecule is Brc1cn(Cc2ccccc2)nc1OCC1CO1. The van der Waals surface area contributed by atoms with Crippen LogP contribution in [0.25, 0.3) is 0 Å². The van der Waals surface area contributed by atoms with E-state index in [1.807, 2.05) is 29.1 Å². The van der Waals surface area contributed by atoms with Gasteiger partial charge in [-0.05, 0) is 21.5 Å². The topological polar surface area (TPSA) is 39.6 Å². The highest BCUT2D eigenvalue weighted by atomic mass is 79.9. The van der Waals surface area contributed by atoms with Crippen molar-refractivity contribution in [2.45, 2.75) is 12.6 Å². The molecule has 1 aliphatic rings. The molecule has 5 heteroatoms. The quantitative estimate of drug-likeness (QED) is 0.797. The van der Waals surface area contributed by atoms with Crippen molar-refractivity contribution < 1.29 is 9.47 Å². The smallest absolute Gasteiger partial charge is 0.247 e. The first-order valence-electron chi connectivity index (χ1n) is 5.82. The van der Waals surface area contributed by atoms with Crippen molar-refractivity contribution in [1.82, 2.24) is 9.78 Å². The molecule has 0 bridgehead atoms. The number of hydrogen-bond donors (Lipinski definition) is 0. The fourth-order valence-electron chi connectivity index (χ4n) is 1.66. The Morgan fingerprint density at radius 1 is 1.39 bits per heavy atom. The molecule has 0 spiro atoms. The van der Waals surface area contributed by atoms with Crippen molar-refractivity contribution in [1.29, 1.82) is 0 Å². The number of epoxide rings is 1. The van der Waals surface area contributed by atoms with Crippen LogP contribution in [0.15, 0.2) is 41.0 Å². The van der Waals surface area contributed by atoms with Gasteiger partial charge in [0.2, 0.25) is 5.88 Å². The molecule has 2 heterocycles. The molecule has 0 radical (unpaired) electrons. The fraction of sp³-hybridized carbons (Fsp3) is 0.308. The van der Waals surface area contributed by atoms with Crippen molar-refractivity contribution in [3.8, 4) is 5.88 Å². The summed E-state index contributed by atoms with van der Waals surface area (Å²) in [6.07, 6.45) is 2.17. The summed E-state index contributed by atoms with van der Waals surface area (Å²) in [7, 11) is 0. The van der Waals surface area contributed by atoms with E-state index in [0.717, 1.165) is 17.6 Å². The summed E-state index contributed by atoms with van der Waals surface area (Å²) in [5.74, 6) is 0.626. The van der Waals surface area contributed by atoms with Crippen molar-refractivity contribution in [2.75, 3.05) is 13.2 Å². The number of benzene rings is 1. The van der Waals surface area contributed by atoms with Gasteiger partial charge in [-0.3, -0.25) is 4.68 Å². The van der Waals surface area contributed by atoms with Crippen LogP contribution in [0.5, 0.6) is 5.88 Å². The molecule has 0 saturated carbocycles. The van der Waals surface area contributed by atoms with E-state index in [2.05, 4.69) is 33.2 Å². The van der Waals surface area contributed by atoms with Gasteiger partial charge in [-0.25, -0.2) is 0 Å². The lowest BCUT2D eigenvalue weighted by Gasteiger charge is -2.01. The number of halogens is 1. The van der Waals surface area contributed by atoms with Crippen molar-refractivity contribution in [3.05, 3.63) is 46.6 Å². The molecule has 0 amide bonds. The first-order valence-corrected chi connectivity index (χ1v) is 6.62. The summed E-state index contributed by atoms with van der Waals surface area (Å²) in [5.41, 5.74) is 1.21. The summed E-state index contributed by atoms with van der Waals surface area (Å²) < 4.78 is 13.4. The second-order valence-corrected chi connectivity index (χ2v) is 5.09. The second kappa shape index (κ2) is 5.12. The molecule has 0 N–H and O–H groups in total. The van der Waals surface area contributed by atoms with E-state index in [1.165, 1.54) is 5.56 Å². The summed E-state index contributed by atoms with van der Waals surface area (Å²) in [5, 5.41) is 4.40. The molecular weight excluding hydrogens is 296 g/mol. The number of ether oxygens (including phenoxy) is 2. The van der Waals surface area contributed by atoms with Crippen LogP contribution in [0, 0.1) is 0 Å². The van der Waals surface area contributed by atoms with Crippen LogP contribution < -0.4 is 4.74 Å². The molecule has 0 aliphatic carbocycles. The third kappa shape index (κ3) is 2.91. The Labute approximate surface area is 114 Å². The molecule has 3 rings (SSSR count). The largest absolute Gasteiger partial charge is 0.473 e. The van der Waals surface area contributed by atoms with Crippen LogP contribution in [0.4, 0.5) is 0 Å². The molecule has 1 aliphatic heterocycles. The van der Waals surface area contributed by atoms with Gasteiger partial charge in [0, 0.05) is 6.20 Å². The average molecular weight is 309 g/mol. The molecular formula is C13H13BrN2O2. The summed E-state index contributed by atoms with van der Waals surface area (Å²) >= 11 is 3.45. The molecule has 1 aromatic carbocycles. The molecule has 1 saturated heterocycles. The number of nitrogens with zero attached hydrogens (tertiary/aromatic N) is 2. The van der Waals surface area contributed by atoms with E-state index < -0.39 is 0 Å². The van der Waals surface area contributed by atoms with Crippen molar-refractivity contribution in [3.63, 3.8) is 0 Å². The zero-order valence-corrected chi connectivity index (χ0v) is 11.3. The Kier molecular flexibility index (Phi) is 3.34. The van der Waals surface area contributed by atoms with E-state index in [9.17, 15) is 0 Å². The summed E-state index contributed by atoms with van der Waals surface area (Å²) in [4.78, 5) is 0. The average Bonchev–Trinajstić information content (AvgIpc) is 3.14. The molecule has 1 atom stereocenters. The maximum atomic E-state index is 5.58. The van der Waals surface area contributed by atoms with Crippen LogP contribution in [0.1, 0.15) is 5.56 Å². The minimum atomic E-state index is 0.246. The Balaban J connectivity index is 1.67. The van der Waals surface area contributed by atoms with E-state index in [0.29, 0.717) is 12.5 Å². The number of hydrogen-bond acceptors (Lipinski definition) is 3. The first kappa shape index (κ1) is 11.7. The van der Waals surface area contributed by atoms with Crippen LogP contribution in [0.3, 0.4) is 0 Å². The van der Waals surface area contributed by atoms with Gasteiger partial charge in [0.05, 0.1) is 17.6 Å². The van der Waals surface area contributed by atoms with Crippen molar-refractivity contribution in [2.24, 2.45) is 0 Å². The van der Waals surface area contributed by atoms with E-state index >= 15 is 0 Å². The standard InChI is InChI=1S/C13H13BrN2O2/c14-12-7-16(6-10-4-2-1-3-5-10)15-13(12)18-9-11-8-17-11/h1-5,7,11H,6,8-9H2. The Bertz CT molecular complexity index is 523. The maximum Gasteiger partial charge on any atom is 0.247 e. The predicted molar refractivity (Wildman–Crippen MR) is 70.7 cm³/mol.